The predicted molar refractivity (Wildman–Crippen MR) is 89.8 cm³/mol. The average molecular weight is 347 g/mol. The molecule has 1 fully saturated rings. The molecule has 0 aliphatic carbocycles. The second-order valence-corrected chi connectivity index (χ2v) is 8.21. The average Bonchev–Trinajstić information content (AvgIpc) is 2.93. The summed E-state index contributed by atoms with van der Waals surface area (Å²) >= 11 is 0. The van der Waals surface area contributed by atoms with Gasteiger partial charge in [-0.3, -0.25) is 4.79 Å². The van der Waals surface area contributed by atoms with Crippen molar-refractivity contribution in [3.05, 3.63) is 71.5 Å². The first-order valence-electron chi connectivity index (χ1n) is 7.75. The third kappa shape index (κ3) is 3.82. The van der Waals surface area contributed by atoms with Gasteiger partial charge in [0.25, 0.3) is 5.91 Å². The third-order valence-corrected chi connectivity index (χ3v) is 5.92. The van der Waals surface area contributed by atoms with E-state index in [4.69, 9.17) is 0 Å². The van der Waals surface area contributed by atoms with Crippen LogP contribution in [0.15, 0.2) is 54.6 Å². The molecule has 0 N–H and O–H groups in total. The predicted octanol–water partition coefficient (Wildman–Crippen LogP) is 2.66. The Morgan fingerprint density at radius 3 is 2.50 bits per heavy atom. The summed E-state index contributed by atoms with van der Waals surface area (Å²) in [5, 5.41) is 0. The van der Waals surface area contributed by atoms with E-state index in [1.165, 1.54) is 12.1 Å². The van der Waals surface area contributed by atoms with Gasteiger partial charge in [-0.25, -0.2) is 12.8 Å². The number of carbonyl (C=O) groups is 1. The summed E-state index contributed by atoms with van der Waals surface area (Å²) < 4.78 is 37.1. The number of amides is 1. The van der Waals surface area contributed by atoms with Crippen molar-refractivity contribution in [2.24, 2.45) is 0 Å². The highest BCUT2D eigenvalue weighted by Crippen LogP contribution is 2.22. The molecule has 1 aliphatic heterocycles. The smallest absolute Gasteiger partial charge is 0.254 e. The van der Waals surface area contributed by atoms with E-state index in [9.17, 15) is 17.6 Å². The van der Waals surface area contributed by atoms with Crippen LogP contribution >= 0.6 is 0 Å². The van der Waals surface area contributed by atoms with Crippen LogP contribution in [0, 0.1) is 5.82 Å². The second kappa shape index (κ2) is 6.73. The molecule has 0 spiro atoms. The second-order valence-electron chi connectivity index (χ2n) is 5.99. The Morgan fingerprint density at radius 2 is 1.88 bits per heavy atom. The van der Waals surface area contributed by atoms with Gasteiger partial charge in [0, 0.05) is 18.2 Å². The Morgan fingerprint density at radius 1 is 1.12 bits per heavy atom. The zero-order valence-corrected chi connectivity index (χ0v) is 13.9. The molecule has 0 aromatic heterocycles. The molecule has 2 aromatic carbocycles. The molecule has 1 aliphatic rings. The molecule has 6 heteroatoms. The number of hydrogen-bond acceptors (Lipinski definition) is 3. The van der Waals surface area contributed by atoms with Gasteiger partial charge in [0.15, 0.2) is 9.84 Å². The van der Waals surface area contributed by atoms with E-state index >= 15 is 0 Å². The molecule has 1 atom stereocenters. The maximum atomic E-state index is 13.4. The zero-order chi connectivity index (χ0) is 17.2. The van der Waals surface area contributed by atoms with Crippen LogP contribution in [0.3, 0.4) is 0 Å². The van der Waals surface area contributed by atoms with Crippen LogP contribution in [-0.4, -0.2) is 36.8 Å². The SMILES string of the molecule is O=C(c1ccccc1)N(Cc1cccc(F)c1)[C@@H]1CCS(=O)(=O)C1. The maximum Gasteiger partial charge on any atom is 0.254 e. The van der Waals surface area contributed by atoms with Crippen molar-refractivity contribution >= 4 is 15.7 Å². The lowest BCUT2D eigenvalue weighted by Crippen LogP contribution is -2.40. The molecule has 1 heterocycles. The molecule has 0 bridgehead atoms. The summed E-state index contributed by atoms with van der Waals surface area (Å²) in [4.78, 5) is 14.4. The summed E-state index contributed by atoms with van der Waals surface area (Å²) in [7, 11) is -3.12. The van der Waals surface area contributed by atoms with Gasteiger partial charge < -0.3 is 4.90 Å². The summed E-state index contributed by atoms with van der Waals surface area (Å²) in [6.07, 6.45) is 0.413. The van der Waals surface area contributed by atoms with E-state index in [1.54, 1.807) is 41.3 Å². The molecular formula is C18H18FNO3S. The van der Waals surface area contributed by atoms with Gasteiger partial charge >= 0.3 is 0 Å². The van der Waals surface area contributed by atoms with E-state index in [1.807, 2.05) is 6.07 Å². The lowest BCUT2D eigenvalue weighted by molar-refractivity contribution is 0.0680. The fraction of sp³-hybridized carbons (Fsp3) is 0.278. The van der Waals surface area contributed by atoms with Crippen LogP contribution in [-0.2, 0) is 16.4 Å². The van der Waals surface area contributed by atoms with Gasteiger partial charge in [-0.1, -0.05) is 30.3 Å². The Bertz CT molecular complexity index is 836. The van der Waals surface area contributed by atoms with Gasteiger partial charge in [-0.2, -0.15) is 0 Å². The molecule has 4 nitrogen and oxygen atoms in total. The molecule has 126 valence electrons. The fourth-order valence-electron chi connectivity index (χ4n) is 2.97. The number of benzene rings is 2. The van der Waals surface area contributed by atoms with Crippen LogP contribution in [0.4, 0.5) is 4.39 Å². The van der Waals surface area contributed by atoms with Crippen LogP contribution in [0.2, 0.25) is 0 Å². The summed E-state index contributed by atoms with van der Waals surface area (Å²) in [6, 6.07) is 14.4. The van der Waals surface area contributed by atoms with Crippen LogP contribution < -0.4 is 0 Å². The molecule has 1 amide bonds. The first-order chi connectivity index (χ1) is 11.4. The number of sulfone groups is 1. The number of hydrogen-bond donors (Lipinski definition) is 0. The highest BCUT2D eigenvalue weighted by molar-refractivity contribution is 7.91. The van der Waals surface area contributed by atoms with Gasteiger partial charge in [0.2, 0.25) is 0 Å². The zero-order valence-electron chi connectivity index (χ0n) is 13.1. The topological polar surface area (TPSA) is 54.5 Å². The van der Waals surface area contributed by atoms with Crippen LogP contribution in [0.25, 0.3) is 0 Å². The van der Waals surface area contributed by atoms with E-state index in [-0.39, 0.29) is 35.8 Å². The van der Waals surface area contributed by atoms with Crippen molar-refractivity contribution in [3.63, 3.8) is 0 Å². The van der Waals surface area contributed by atoms with Crippen LogP contribution in [0.5, 0.6) is 0 Å². The molecule has 3 rings (SSSR count). The van der Waals surface area contributed by atoms with Crippen molar-refractivity contribution < 1.29 is 17.6 Å². The molecular weight excluding hydrogens is 329 g/mol. The third-order valence-electron chi connectivity index (χ3n) is 4.17. The Kier molecular flexibility index (Phi) is 4.66. The quantitative estimate of drug-likeness (QED) is 0.854. The number of nitrogens with zero attached hydrogens (tertiary/aromatic N) is 1. The monoisotopic (exact) mass is 347 g/mol. The van der Waals surface area contributed by atoms with Gasteiger partial charge in [-0.15, -0.1) is 0 Å². The first-order valence-corrected chi connectivity index (χ1v) is 9.58. The largest absolute Gasteiger partial charge is 0.330 e. The number of carbonyl (C=O) groups excluding carboxylic acids is 1. The maximum absolute atomic E-state index is 13.4. The van der Waals surface area contributed by atoms with Crippen molar-refractivity contribution in [1.82, 2.24) is 4.90 Å². The minimum atomic E-state index is -3.12. The lowest BCUT2D eigenvalue weighted by Gasteiger charge is -2.28. The molecule has 24 heavy (non-hydrogen) atoms. The molecule has 2 aromatic rings. The molecule has 0 saturated carbocycles. The Balaban J connectivity index is 1.90. The van der Waals surface area contributed by atoms with Crippen molar-refractivity contribution in [2.75, 3.05) is 11.5 Å². The van der Waals surface area contributed by atoms with Crippen LogP contribution in [0.1, 0.15) is 22.3 Å². The van der Waals surface area contributed by atoms with Crippen molar-refractivity contribution in [2.45, 2.75) is 19.0 Å². The van der Waals surface area contributed by atoms with E-state index in [0.29, 0.717) is 17.5 Å². The van der Waals surface area contributed by atoms with Gasteiger partial charge in [0.05, 0.1) is 11.5 Å². The number of rotatable bonds is 4. The fourth-order valence-corrected chi connectivity index (χ4v) is 4.70. The Labute approximate surface area is 140 Å². The normalized spacial score (nSPS) is 19.1. The summed E-state index contributed by atoms with van der Waals surface area (Å²) in [5.41, 5.74) is 1.14. The molecule has 0 unspecified atom stereocenters. The number of halogens is 1. The molecule has 0 radical (unpaired) electrons. The summed E-state index contributed by atoms with van der Waals surface area (Å²) in [6.45, 7) is 0.186. The lowest BCUT2D eigenvalue weighted by atomic mass is 10.1. The van der Waals surface area contributed by atoms with Gasteiger partial charge in [0.1, 0.15) is 5.82 Å². The standard InChI is InChI=1S/C18H18FNO3S/c19-16-8-4-5-14(11-16)12-20(17-9-10-24(22,23)13-17)18(21)15-6-2-1-3-7-15/h1-8,11,17H,9-10,12-13H2/t17-/m1/s1. The van der Waals surface area contributed by atoms with E-state index in [0.717, 1.165) is 0 Å². The molecule has 1 saturated heterocycles. The summed E-state index contributed by atoms with van der Waals surface area (Å²) in [5.74, 6) is -0.569. The minimum Gasteiger partial charge on any atom is -0.330 e. The minimum absolute atomic E-state index is 0.0408. The van der Waals surface area contributed by atoms with Gasteiger partial charge in [-0.05, 0) is 36.2 Å². The van der Waals surface area contributed by atoms with E-state index in [2.05, 4.69) is 0 Å². The van der Waals surface area contributed by atoms with Crippen molar-refractivity contribution in [3.8, 4) is 0 Å². The highest BCUT2D eigenvalue weighted by Gasteiger charge is 2.35. The Hall–Kier alpha value is -2.21. The first kappa shape index (κ1) is 16.6. The van der Waals surface area contributed by atoms with E-state index < -0.39 is 9.84 Å². The highest BCUT2D eigenvalue weighted by atomic mass is 32.2. The van der Waals surface area contributed by atoms with Crippen molar-refractivity contribution in [1.29, 1.82) is 0 Å².